The Hall–Kier alpha value is -0.0900. The highest BCUT2D eigenvalue weighted by atomic mass is 32.2. The summed E-state index contributed by atoms with van der Waals surface area (Å²) < 4.78 is 25.5. The van der Waals surface area contributed by atoms with Gasteiger partial charge in [0.15, 0.2) is 0 Å². The number of rotatable bonds is 4. The second-order valence-corrected chi connectivity index (χ2v) is 6.20. The molecule has 84 valence electrons. The molecule has 0 aromatic rings. The molecule has 0 spiro atoms. The first-order valence-electron chi connectivity index (χ1n) is 5.57. The van der Waals surface area contributed by atoms with E-state index in [9.17, 15) is 8.42 Å². The summed E-state index contributed by atoms with van der Waals surface area (Å²) >= 11 is 0. The second kappa shape index (κ2) is 5.12. The summed E-state index contributed by atoms with van der Waals surface area (Å²) in [5.41, 5.74) is 0. The topological polar surface area (TPSA) is 46.2 Å². The van der Waals surface area contributed by atoms with Crippen LogP contribution in [-0.4, -0.2) is 20.2 Å². The fraction of sp³-hybridized carbons (Fsp3) is 1.00. The number of nitrogens with one attached hydrogen (secondary N) is 1. The third-order valence-electron chi connectivity index (χ3n) is 3.09. The van der Waals surface area contributed by atoms with E-state index in [1.807, 2.05) is 0 Å². The lowest BCUT2D eigenvalue weighted by molar-refractivity contribution is 0.301. The maximum Gasteiger partial charge on any atom is 0.211 e. The molecule has 4 heteroatoms. The van der Waals surface area contributed by atoms with E-state index in [2.05, 4.69) is 11.6 Å². The molecule has 0 amide bonds. The van der Waals surface area contributed by atoms with Gasteiger partial charge in [-0.25, -0.2) is 13.1 Å². The normalized spacial score (nSPS) is 29.0. The van der Waals surface area contributed by atoms with Gasteiger partial charge in [0, 0.05) is 6.04 Å². The average molecular weight is 219 g/mol. The molecule has 1 fully saturated rings. The predicted molar refractivity (Wildman–Crippen MR) is 58.6 cm³/mol. The van der Waals surface area contributed by atoms with Crippen molar-refractivity contribution in [3.63, 3.8) is 0 Å². The minimum Gasteiger partial charge on any atom is -0.212 e. The van der Waals surface area contributed by atoms with Crippen LogP contribution in [0.1, 0.15) is 46.0 Å². The largest absolute Gasteiger partial charge is 0.212 e. The SMILES string of the molecule is CCC1CCCC(NS(=O)(=O)CC)C1. The minimum atomic E-state index is -3.00. The van der Waals surface area contributed by atoms with E-state index >= 15 is 0 Å². The Balaban J connectivity index is 2.45. The number of hydrogen-bond donors (Lipinski definition) is 1. The molecule has 1 saturated carbocycles. The molecule has 0 bridgehead atoms. The highest BCUT2D eigenvalue weighted by Crippen LogP contribution is 2.26. The summed E-state index contributed by atoms with van der Waals surface area (Å²) in [7, 11) is -3.00. The summed E-state index contributed by atoms with van der Waals surface area (Å²) in [6.45, 7) is 3.86. The maximum atomic E-state index is 11.4. The van der Waals surface area contributed by atoms with E-state index in [1.54, 1.807) is 6.92 Å². The molecule has 0 radical (unpaired) electrons. The first-order valence-corrected chi connectivity index (χ1v) is 7.22. The molecule has 0 heterocycles. The summed E-state index contributed by atoms with van der Waals surface area (Å²) in [4.78, 5) is 0. The van der Waals surface area contributed by atoms with Gasteiger partial charge in [0.1, 0.15) is 0 Å². The van der Waals surface area contributed by atoms with Gasteiger partial charge >= 0.3 is 0 Å². The zero-order valence-corrected chi connectivity index (χ0v) is 9.94. The zero-order valence-electron chi connectivity index (χ0n) is 9.12. The molecule has 1 aliphatic rings. The van der Waals surface area contributed by atoms with Crippen molar-refractivity contribution in [1.29, 1.82) is 0 Å². The third kappa shape index (κ3) is 3.58. The van der Waals surface area contributed by atoms with Crippen LogP contribution in [0.3, 0.4) is 0 Å². The van der Waals surface area contributed by atoms with Gasteiger partial charge in [0.05, 0.1) is 5.75 Å². The van der Waals surface area contributed by atoms with Crippen LogP contribution >= 0.6 is 0 Å². The van der Waals surface area contributed by atoms with Crippen molar-refractivity contribution in [2.45, 2.75) is 52.0 Å². The van der Waals surface area contributed by atoms with Gasteiger partial charge in [-0.2, -0.15) is 0 Å². The number of sulfonamides is 1. The highest BCUT2D eigenvalue weighted by Gasteiger charge is 2.23. The molecule has 0 aromatic heterocycles. The molecular formula is C10H21NO2S. The Morgan fingerprint density at radius 3 is 2.57 bits per heavy atom. The molecule has 0 aromatic carbocycles. The first-order chi connectivity index (χ1) is 6.57. The molecule has 2 atom stereocenters. The average Bonchev–Trinajstić information content (AvgIpc) is 2.17. The van der Waals surface area contributed by atoms with E-state index in [0.29, 0.717) is 5.92 Å². The molecule has 0 aliphatic heterocycles. The molecule has 3 nitrogen and oxygen atoms in total. The fourth-order valence-electron chi connectivity index (χ4n) is 2.11. The Morgan fingerprint density at radius 2 is 2.00 bits per heavy atom. The van der Waals surface area contributed by atoms with Gasteiger partial charge in [-0.05, 0) is 25.7 Å². The van der Waals surface area contributed by atoms with Crippen LogP contribution in [0.5, 0.6) is 0 Å². The zero-order chi connectivity index (χ0) is 10.6. The van der Waals surface area contributed by atoms with Crippen molar-refractivity contribution >= 4 is 10.0 Å². The van der Waals surface area contributed by atoms with E-state index in [0.717, 1.165) is 19.3 Å². The quantitative estimate of drug-likeness (QED) is 0.785. The van der Waals surface area contributed by atoms with Crippen LogP contribution in [0.15, 0.2) is 0 Å². The van der Waals surface area contributed by atoms with E-state index in [-0.39, 0.29) is 11.8 Å². The summed E-state index contributed by atoms with van der Waals surface area (Å²) in [6, 6.07) is 0.193. The molecule has 14 heavy (non-hydrogen) atoms. The van der Waals surface area contributed by atoms with Crippen LogP contribution in [-0.2, 0) is 10.0 Å². The monoisotopic (exact) mass is 219 g/mol. The van der Waals surface area contributed by atoms with Gasteiger partial charge in [-0.3, -0.25) is 0 Å². The van der Waals surface area contributed by atoms with Gasteiger partial charge in [-0.1, -0.05) is 26.2 Å². The second-order valence-electron chi connectivity index (χ2n) is 4.16. The Kier molecular flexibility index (Phi) is 4.38. The molecule has 1 rings (SSSR count). The Labute approximate surface area is 87.3 Å². The lowest BCUT2D eigenvalue weighted by atomic mass is 9.85. The van der Waals surface area contributed by atoms with Gasteiger partial charge < -0.3 is 0 Å². The fourth-order valence-corrected chi connectivity index (χ4v) is 2.99. The molecule has 0 saturated heterocycles. The van der Waals surface area contributed by atoms with Crippen LogP contribution in [0.2, 0.25) is 0 Å². The van der Waals surface area contributed by atoms with Crippen molar-refractivity contribution in [2.24, 2.45) is 5.92 Å². The van der Waals surface area contributed by atoms with E-state index in [1.165, 1.54) is 12.8 Å². The van der Waals surface area contributed by atoms with Crippen molar-refractivity contribution in [1.82, 2.24) is 4.72 Å². The van der Waals surface area contributed by atoms with E-state index < -0.39 is 10.0 Å². The van der Waals surface area contributed by atoms with Crippen LogP contribution in [0.25, 0.3) is 0 Å². The summed E-state index contributed by atoms with van der Waals surface area (Å²) in [6.07, 6.45) is 5.63. The van der Waals surface area contributed by atoms with Crippen molar-refractivity contribution in [3.05, 3.63) is 0 Å². The maximum absolute atomic E-state index is 11.4. The first kappa shape index (κ1) is 12.0. The van der Waals surface area contributed by atoms with Crippen LogP contribution < -0.4 is 4.72 Å². The lowest BCUT2D eigenvalue weighted by Crippen LogP contribution is -2.39. The Morgan fingerprint density at radius 1 is 1.29 bits per heavy atom. The molecule has 1 N–H and O–H groups in total. The van der Waals surface area contributed by atoms with Crippen molar-refractivity contribution in [2.75, 3.05) is 5.75 Å². The molecular weight excluding hydrogens is 198 g/mol. The standard InChI is InChI=1S/C10H21NO2S/c1-3-9-6-5-7-10(8-9)11-14(12,13)4-2/h9-11H,3-8H2,1-2H3. The number of hydrogen-bond acceptors (Lipinski definition) is 2. The van der Waals surface area contributed by atoms with Crippen molar-refractivity contribution in [3.8, 4) is 0 Å². The van der Waals surface area contributed by atoms with Crippen LogP contribution in [0, 0.1) is 5.92 Å². The van der Waals surface area contributed by atoms with Crippen LogP contribution in [0.4, 0.5) is 0 Å². The van der Waals surface area contributed by atoms with Crippen molar-refractivity contribution < 1.29 is 8.42 Å². The smallest absolute Gasteiger partial charge is 0.211 e. The third-order valence-corrected chi connectivity index (χ3v) is 4.54. The summed E-state index contributed by atoms with van der Waals surface area (Å²) in [5.74, 6) is 0.911. The van der Waals surface area contributed by atoms with E-state index in [4.69, 9.17) is 0 Å². The highest BCUT2D eigenvalue weighted by molar-refractivity contribution is 7.89. The minimum absolute atomic E-state index is 0.193. The predicted octanol–water partition coefficient (Wildman–Crippen LogP) is 1.89. The van der Waals surface area contributed by atoms with Gasteiger partial charge in [0.25, 0.3) is 0 Å². The molecule has 2 unspecified atom stereocenters. The lowest BCUT2D eigenvalue weighted by Gasteiger charge is -2.28. The molecule has 1 aliphatic carbocycles. The van der Waals surface area contributed by atoms with Gasteiger partial charge in [0.2, 0.25) is 10.0 Å². The van der Waals surface area contributed by atoms with Gasteiger partial charge in [-0.15, -0.1) is 0 Å². The Bertz CT molecular complexity index is 261. The summed E-state index contributed by atoms with van der Waals surface area (Å²) in [5, 5.41) is 0.